The number of rotatable bonds is 1. The van der Waals surface area contributed by atoms with E-state index in [1.165, 1.54) is 0 Å². The summed E-state index contributed by atoms with van der Waals surface area (Å²) >= 11 is 0. The molecule has 0 bridgehead atoms. The second-order valence-corrected chi connectivity index (χ2v) is 8.25. The van der Waals surface area contributed by atoms with Crippen molar-refractivity contribution in [2.75, 3.05) is 5.75 Å². The summed E-state index contributed by atoms with van der Waals surface area (Å²) in [5.41, 5.74) is 5.71. The molecule has 88 valence electrons. The summed E-state index contributed by atoms with van der Waals surface area (Å²) in [6, 6.07) is 0. The summed E-state index contributed by atoms with van der Waals surface area (Å²) in [6.07, 6.45) is 1.38. The van der Waals surface area contributed by atoms with Crippen LogP contribution in [0.3, 0.4) is 0 Å². The molecule has 2 aliphatic rings. The number of aliphatic hydroxyl groups excluding tert-OH is 1. The van der Waals surface area contributed by atoms with Gasteiger partial charge in [-0.3, -0.25) is 0 Å². The normalized spacial score (nSPS) is 47.5. The van der Waals surface area contributed by atoms with Crippen molar-refractivity contribution in [3.63, 3.8) is 0 Å². The molecule has 2 fully saturated rings. The zero-order valence-corrected chi connectivity index (χ0v) is 10.0. The second-order valence-electron chi connectivity index (χ2n) is 5.56. The van der Waals surface area contributed by atoms with Crippen LogP contribution >= 0.6 is 0 Å². The molecular formula is C10H19NO3S. The molecule has 0 aromatic rings. The molecule has 1 aliphatic heterocycles. The molecule has 1 unspecified atom stereocenters. The maximum absolute atomic E-state index is 11.8. The summed E-state index contributed by atoms with van der Waals surface area (Å²) < 4.78 is 23.0. The summed E-state index contributed by atoms with van der Waals surface area (Å²) in [5.74, 6) is 0.220. The Morgan fingerprint density at radius 3 is 2.20 bits per heavy atom. The van der Waals surface area contributed by atoms with Crippen LogP contribution in [0.15, 0.2) is 0 Å². The predicted molar refractivity (Wildman–Crippen MR) is 58.1 cm³/mol. The lowest BCUT2D eigenvalue weighted by Crippen LogP contribution is -2.63. The smallest absolute Gasteiger partial charge is 0.155 e. The van der Waals surface area contributed by atoms with Crippen molar-refractivity contribution in [1.29, 1.82) is 0 Å². The van der Waals surface area contributed by atoms with Crippen LogP contribution in [0, 0.1) is 5.92 Å². The first-order chi connectivity index (χ1) is 6.69. The maximum atomic E-state index is 11.8. The summed E-state index contributed by atoms with van der Waals surface area (Å²) in [4.78, 5) is 0. The largest absolute Gasteiger partial charge is 0.393 e. The average Bonchev–Trinajstić information content (AvgIpc) is 2.19. The number of hydrogen-bond donors (Lipinski definition) is 2. The van der Waals surface area contributed by atoms with E-state index in [1.807, 2.05) is 0 Å². The van der Waals surface area contributed by atoms with Gasteiger partial charge in [-0.1, -0.05) is 0 Å². The van der Waals surface area contributed by atoms with Crippen LogP contribution in [0.4, 0.5) is 0 Å². The van der Waals surface area contributed by atoms with Crippen LogP contribution in [0.1, 0.15) is 33.1 Å². The van der Waals surface area contributed by atoms with E-state index in [0.29, 0.717) is 19.3 Å². The Morgan fingerprint density at radius 1 is 1.33 bits per heavy atom. The van der Waals surface area contributed by atoms with E-state index in [9.17, 15) is 13.5 Å². The van der Waals surface area contributed by atoms with Crippen molar-refractivity contribution in [3.05, 3.63) is 0 Å². The van der Waals surface area contributed by atoms with E-state index < -0.39 is 20.1 Å². The Bertz CT molecular complexity index is 368. The number of hydrogen-bond acceptors (Lipinski definition) is 4. The third-order valence-corrected chi connectivity index (χ3v) is 6.90. The minimum atomic E-state index is -3.01. The quantitative estimate of drug-likeness (QED) is 0.670. The van der Waals surface area contributed by atoms with Gasteiger partial charge in [0.15, 0.2) is 9.84 Å². The van der Waals surface area contributed by atoms with Crippen molar-refractivity contribution in [3.8, 4) is 0 Å². The van der Waals surface area contributed by atoms with Gasteiger partial charge in [0, 0.05) is 5.54 Å². The molecule has 2 rings (SSSR count). The van der Waals surface area contributed by atoms with Crippen LogP contribution in [0.5, 0.6) is 0 Å². The van der Waals surface area contributed by atoms with Crippen molar-refractivity contribution < 1.29 is 13.5 Å². The highest BCUT2D eigenvalue weighted by molar-refractivity contribution is 7.93. The van der Waals surface area contributed by atoms with Gasteiger partial charge in [0.1, 0.15) is 0 Å². The molecule has 0 spiro atoms. The molecule has 1 aliphatic carbocycles. The Hall–Kier alpha value is -0.130. The Kier molecular flexibility index (Phi) is 2.24. The highest BCUT2D eigenvalue weighted by atomic mass is 32.2. The molecule has 1 saturated heterocycles. The van der Waals surface area contributed by atoms with Crippen molar-refractivity contribution in [2.45, 2.75) is 49.5 Å². The molecule has 3 N–H and O–H groups in total. The average molecular weight is 233 g/mol. The first kappa shape index (κ1) is 11.4. The Balaban J connectivity index is 2.27. The van der Waals surface area contributed by atoms with Crippen LogP contribution in [-0.2, 0) is 9.84 Å². The standard InChI is InChI=1S/C10H19NO3S/c1-9(2)8(3-4-15(9,13)14)10(11)5-7(12)6-10/h7-8,12H,3-6,11H2,1-2H3. The topological polar surface area (TPSA) is 80.4 Å². The van der Waals surface area contributed by atoms with Gasteiger partial charge in [-0.25, -0.2) is 8.42 Å². The van der Waals surface area contributed by atoms with E-state index in [4.69, 9.17) is 5.73 Å². The lowest BCUT2D eigenvalue weighted by molar-refractivity contribution is -0.0148. The lowest BCUT2D eigenvalue weighted by atomic mass is 9.63. The van der Waals surface area contributed by atoms with E-state index >= 15 is 0 Å². The molecule has 0 radical (unpaired) electrons. The fourth-order valence-corrected chi connectivity index (χ4v) is 5.04. The van der Waals surface area contributed by atoms with Crippen LogP contribution in [0.25, 0.3) is 0 Å². The van der Waals surface area contributed by atoms with Crippen molar-refractivity contribution >= 4 is 9.84 Å². The summed E-state index contributed by atoms with van der Waals surface area (Å²) in [6.45, 7) is 3.53. The van der Waals surface area contributed by atoms with Gasteiger partial charge in [0.05, 0.1) is 16.6 Å². The first-order valence-electron chi connectivity index (χ1n) is 5.38. The monoisotopic (exact) mass is 233 g/mol. The van der Waals surface area contributed by atoms with Crippen LogP contribution in [-0.4, -0.2) is 35.7 Å². The summed E-state index contributed by atoms with van der Waals surface area (Å²) in [5, 5.41) is 9.31. The predicted octanol–water partition coefficient (Wildman–Crippen LogP) is 0.0519. The second kappa shape index (κ2) is 2.96. The minimum absolute atomic E-state index is 0.0154. The molecule has 1 heterocycles. The summed E-state index contributed by atoms with van der Waals surface area (Å²) in [7, 11) is -3.01. The molecule has 0 aromatic carbocycles. The molecule has 4 nitrogen and oxygen atoms in total. The third-order valence-electron chi connectivity index (χ3n) is 4.24. The van der Waals surface area contributed by atoms with Crippen molar-refractivity contribution in [2.24, 2.45) is 11.7 Å². The third kappa shape index (κ3) is 1.44. The van der Waals surface area contributed by atoms with Gasteiger partial charge in [-0.2, -0.15) is 0 Å². The first-order valence-corrected chi connectivity index (χ1v) is 7.03. The highest BCUT2D eigenvalue weighted by Gasteiger charge is 2.58. The fourth-order valence-electron chi connectivity index (χ4n) is 3.18. The van der Waals surface area contributed by atoms with Gasteiger partial charge in [-0.15, -0.1) is 0 Å². The Labute approximate surface area is 90.8 Å². The van der Waals surface area contributed by atoms with E-state index in [2.05, 4.69) is 0 Å². The number of aliphatic hydroxyl groups is 1. The number of sulfone groups is 1. The highest BCUT2D eigenvalue weighted by Crippen LogP contribution is 2.49. The van der Waals surface area contributed by atoms with E-state index in [0.717, 1.165) is 0 Å². The fraction of sp³-hybridized carbons (Fsp3) is 1.00. The molecule has 1 saturated carbocycles. The van der Waals surface area contributed by atoms with Crippen molar-refractivity contribution in [1.82, 2.24) is 0 Å². The van der Waals surface area contributed by atoms with Gasteiger partial charge in [0.25, 0.3) is 0 Å². The van der Waals surface area contributed by atoms with Crippen LogP contribution in [0.2, 0.25) is 0 Å². The zero-order chi connectivity index (χ0) is 11.5. The molecular weight excluding hydrogens is 214 g/mol. The van der Waals surface area contributed by atoms with Gasteiger partial charge >= 0.3 is 0 Å². The SMILES string of the molecule is CC1(C)C(C2(N)CC(O)C2)CCS1(=O)=O. The molecule has 5 heteroatoms. The minimum Gasteiger partial charge on any atom is -0.393 e. The molecule has 15 heavy (non-hydrogen) atoms. The Morgan fingerprint density at radius 2 is 1.87 bits per heavy atom. The van der Waals surface area contributed by atoms with Gasteiger partial charge in [0.2, 0.25) is 0 Å². The van der Waals surface area contributed by atoms with Gasteiger partial charge in [-0.05, 0) is 39.0 Å². The van der Waals surface area contributed by atoms with E-state index in [-0.39, 0.29) is 17.8 Å². The zero-order valence-electron chi connectivity index (χ0n) is 9.23. The van der Waals surface area contributed by atoms with E-state index in [1.54, 1.807) is 13.8 Å². The van der Waals surface area contributed by atoms with Crippen LogP contribution < -0.4 is 5.73 Å². The lowest BCUT2D eigenvalue weighted by Gasteiger charge is -2.50. The van der Waals surface area contributed by atoms with Gasteiger partial charge < -0.3 is 10.8 Å². The molecule has 1 atom stereocenters. The molecule has 0 aromatic heterocycles. The molecule has 0 amide bonds. The maximum Gasteiger partial charge on any atom is 0.155 e. The number of nitrogens with two attached hydrogens (primary N) is 1.